The number of halogens is 4. The molecule has 2 atom stereocenters. The smallest absolute Gasteiger partial charge is 0.326 e. The van der Waals surface area contributed by atoms with Crippen molar-refractivity contribution in [1.82, 2.24) is 4.90 Å². The van der Waals surface area contributed by atoms with E-state index in [4.69, 9.17) is 5.73 Å². The van der Waals surface area contributed by atoms with E-state index in [1.165, 1.54) is 5.56 Å². The summed E-state index contributed by atoms with van der Waals surface area (Å²) in [5.41, 5.74) is 7.41. The fourth-order valence-corrected chi connectivity index (χ4v) is 3.85. The SMILES string of the molecule is Cl.N[C@@H]1CN(Cc2ccc(C(F)(F)F)s2)C[C@H]1c1ccccc1. The molecule has 1 saturated heterocycles. The molecule has 1 aromatic carbocycles. The first-order valence-electron chi connectivity index (χ1n) is 7.12. The van der Waals surface area contributed by atoms with Crippen molar-refractivity contribution in [3.63, 3.8) is 0 Å². The molecule has 2 aromatic rings. The van der Waals surface area contributed by atoms with E-state index in [1.54, 1.807) is 6.07 Å². The van der Waals surface area contributed by atoms with Crippen LogP contribution in [0.5, 0.6) is 0 Å². The molecular formula is C16H18ClF3N2S. The van der Waals surface area contributed by atoms with Crippen LogP contribution in [0.4, 0.5) is 13.2 Å². The summed E-state index contributed by atoms with van der Waals surface area (Å²) in [6.07, 6.45) is -4.25. The molecule has 2 heterocycles. The molecule has 0 radical (unpaired) electrons. The maximum atomic E-state index is 12.6. The first-order valence-corrected chi connectivity index (χ1v) is 7.94. The summed E-state index contributed by atoms with van der Waals surface area (Å²) < 4.78 is 37.9. The lowest BCUT2D eigenvalue weighted by atomic mass is 9.95. The van der Waals surface area contributed by atoms with Gasteiger partial charge in [0.1, 0.15) is 4.88 Å². The molecule has 0 bridgehead atoms. The molecule has 0 aliphatic carbocycles. The fourth-order valence-electron chi connectivity index (χ4n) is 2.93. The summed E-state index contributed by atoms with van der Waals surface area (Å²) in [5.74, 6) is 0.239. The van der Waals surface area contributed by atoms with Gasteiger partial charge >= 0.3 is 6.18 Å². The molecule has 126 valence electrons. The number of nitrogens with zero attached hydrogens (tertiary/aromatic N) is 1. The molecular weight excluding hydrogens is 345 g/mol. The Balaban J connectivity index is 0.00000192. The number of rotatable bonds is 3. The van der Waals surface area contributed by atoms with Crippen LogP contribution in [0, 0.1) is 0 Å². The van der Waals surface area contributed by atoms with E-state index in [0.29, 0.717) is 13.1 Å². The van der Waals surface area contributed by atoms with Gasteiger partial charge in [-0.2, -0.15) is 13.2 Å². The Bertz CT molecular complexity index is 630. The Morgan fingerprint density at radius 2 is 1.78 bits per heavy atom. The van der Waals surface area contributed by atoms with Crippen LogP contribution in [0.25, 0.3) is 0 Å². The first kappa shape index (κ1) is 18.3. The van der Waals surface area contributed by atoms with Gasteiger partial charge in [0, 0.05) is 36.5 Å². The van der Waals surface area contributed by atoms with Crippen molar-refractivity contribution in [2.75, 3.05) is 13.1 Å². The minimum atomic E-state index is -4.25. The second-order valence-corrected chi connectivity index (χ2v) is 6.81. The highest BCUT2D eigenvalue weighted by molar-refractivity contribution is 7.12. The Hall–Kier alpha value is -1.08. The van der Waals surface area contributed by atoms with Gasteiger partial charge in [-0.15, -0.1) is 23.7 Å². The Kier molecular flexibility index (Phi) is 5.73. The van der Waals surface area contributed by atoms with E-state index >= 15 is 0 Å². The predicted molar refractivity (Wildman–Crippen MR) is 89.0 cm³/mol. The van der Waals surface area contributed by atoms with Gasteiger partial charge in [0.15, 0.2) is 0 Å². The maximum absolute atomic E-state index is 12.6. The Morgan fingerprint density at radius 1 is 1.09 bits per heavy atom. The van der Waals surface area contributed by atoms with Gasteiger partial charge in [0.2, 0.25) is 0 Å². The molecule has 1 aliphatic heterocycles. The molecule has 1 fully saturated rings. The Morgan fingerprint density at radius 3 is 2.39 bits per heavy atom. The van der Waals surface area contributed by atoms with Crippen LogP contribution in [-0.4, -0.2) is 24.0 Å². The monoisotopic (exact) mass is 362 g/mol. The minimum Gasteiger partial charge on any atom is -0.326 e. The third-order valence-corrected chi connectivity index (χ3v) is 5.10. The number of thiophene rings is 1. The topological polar surface area (TPSA) is 29.3 Å². The van der Waals surface area contributed by atoms with Gasteiger partial charge in [0.25, 0.3) is 0 Å². The van der Waals surface area contributed by atoms with E-state index in [9.17, 15) is 13.2 Å². The van der Waals surface area contributed by atoms with Crippen molar-refractivity contribution in [3.8, 4) is 0 Å². The van der Waals surface area contributed by atoms with Crippen molar-refractivity contribution in [1.29, 1.82) is 0 Å². The van der Waals surface area contributed by atoms with Gasteiger partial charge in [-0.25, -0.2) is 0 Å². The average molecular weight is 363 g/mol. The lowest BCUT2D eigenvalue weighted by Crippen LogP contribution is -2.28. The quantitative estimate of drug-likeness (QED) is 0.890. The molecule has 3 rings (SSSR count). The molecule has 1 aliphatic rings. The molecule has 2 N–H and O–H groups in total. The van der Waals surface area contributed by atoms with Crippen molar-refractivity contribution >= 4 is 23.7 Å². The summed E-state index contributed by atoms with van der Waals surface area (Å²) in [6.45, 7) is 2.01. The minimum absolute atomic E-state index is 0. The highest BCUT2D eigenvalue weighted by Crippen LogP contribution is 2.35. The zero-order chi connectivity index (χ0) is 15.7. The van der Waals surface area contributed by atoms with Crippen LogP contribution in [0.1, 0.15) is 21.2 Å². The van der Waals surface area contributed by atoms with Crippen LogP contribution in [0.15, 0.2) is 42.5 Å². The number of benzene rings is 1. The van der Waals surface area contributed by atoms with Gasteiger partial charge < -0.3 is 5.73 Å². The van der Waals surface area contributed by atoms with E-state index in [-0.39, 0.29) is 24.4 Å². The molecule has 2 nitrogen and oxygen atoms in total. The Labute approximate surface area is 143 Å². The van der Waals surface area contributed by atoms with E-state index in [1.807, 2.05) is 18.2 Å². The van der Waals surface area contributed by atoms with E-state index < -0.39 is 11.1 Å². The highest BCUT2D eigenvalue weighted by Gasteiger charge is 2.34. The molecule has 0 saturated carbocycles. The molecule has 0 unspecified atom stereocenters. The zero-order valence-electron chi connectivity index (χ0n) is 12.3. The van der Waals surface area contributed by atoms with Crippen LogP contribution < -0.4 is 5.73 Å². The number of hydrogen-bond acceptors (Lipinski definition) is 3. The number of likely N-dealkylation sites (tertiary alicyclic amines) is 1. The lowest BCUT2D eigenvalue weighted by Gasteiger charge is -2.15. The summed E-state index contributed by atoms with van der Waals surface area (Å²) in [5, 5.41) is 0. The number of nitrogens with two attached hydrogens (primary N) is 1. The normalized spacial score (nSPS) is 22.1. The molecule has 0 amide bonds. The standard InChI is InChI=1S/C16H17F3N2S.ClH/c17-16(18,19)15-7-6-12(22-15)8-21-9-13(14(20)10-21)11-4-2-1-3-5-11;/h1-7,13-14H,8-10,20H2;1H/t13-,14+;/m0./s1. The third kappa shape index (κ3) is 4.26. The van der Waals surface area contributed by atoms with Crippen molar-refractivity contribution in [3.05, 3.63) is 57.8 Å². The predicted octanol–water partition coefficient (Wildman–Crippen LogP) is 4.12. The number of alkyl halides is 3. The van der Waals surface area contributed by atoms with Crippen molar-refractivity contribution in [2.45, 2.75) is 24.7 Å². The molecule has 0 spiro atoms. The second kappa shape index (κ2) is 7.21. The summed E-state index contributed by atoms with van der Waals surface area (Å²) in [4.78, 5) is 2.33. The second-order valence-electron chi connectivity index (χ2n) is 5.64. The average Bonchev–Trinajstić information content (AvgIpc) is 3.07. The van der Waals surface area contributed by atoms with Gasteiger partial charge in [-0.05, 0) is 17.7 Å². The first-order chi connectivity index (χ1) is 10.4. The number of hydrogen-bond donors (Lipinski definition) is 1. The lowest BCUT2D eigenvalue weighted by molar-refractivity contribution is -0.134. The van der Waals surface area contributed by atoms with Crippen molar-refractivity contribution in [2.24, 2.45) is 5.73 Å². The van der Waals surface area contributed by atoms with E-state index in [0.717, 1.165) is 28.8 Å². The largest absolute Gasteiger partial charge is 0.425 e. The van der Waals surface area contributed by atoms with Crippen LogP contribution in [-0.2, 0) is 12.7 Å². The fraction of sp³-hybridized carbons (Fsp3) is 0.375. The third-order valence-electron chi connectivity index (χ3n) is 3.99. The summed E-state index contributed by atoms with van der Waals surface area (Å²) >= 11 is 0.817. The van der Waals surface area contributed by atoms with Crippen LogP contribution >= 0.6 is 23.7 Å². The van der Waals surface area contributed by atoms with Gasteiger partial charge in [0.05, 0.1) is 0 Å². The summed E-state index contributed by atoms with van der Waals surface area (Å²) in [6, 6.07) is 12.8. The van der Waals surface area contributed by atoms with Crippen LogP contribution in [0.2, 0.25) is 0 Å². The van der Waals surface area contributed by atoms with Crippen LogP contribution in [0.3, 0.4) is 0 Å². The molecule has 1 aromatic heterocycles. The molecule has 23 heavy (non-hydrogen) atoms. The van der Waals surface area contributed by atoms with E-state index in [2.05, 4.69) is 17.0 Å². The van der Waals surface area contributed by atoms with Crippen molar-refractivity contribution < 1.29 is 13.2 Å². The van der Waals surface area contributed by atoms with Gasteiger partial charge in [-0.3, -0.25) is 4.90 Å². The summed E-state index contributed by atoms with van der Waals surface area (Å²) in [7, 11) is 0. The highest BCUT2D eigenvalue weighted by atomic mass is 35.5. The molecule has 7 heteroatoms. The van der Waals surface area contributed by atoms with Gasteiger partial charge in [-0.1, -0.05) is 30.3 Å². The maximum Gasteiger partial charge on any atom is 0.425 e. The zero-order valence-corrected chi connectivity index (χ0v) is 13.9.